The second-order valence-electron chi connectivity index (χ2n) is 6.52. The molecule has 2 aromatic rings. The van der Waals surface area contributed by atoms with Crippen molar-refractivity contribution in [3.05, 3.63) is 54.1 Å². The van der Waals surface area contributed by atoms with E-state index in [1.807, 2.05) is 18.2 Å². The van der Waals surface area contributed by atoms with Crippen LogP contribution < -0.4 is 19.9 Å². The van der Waals surface area contributed by atoms with Crippen molar-refractivity contribution in [1.82, 2.24) is 4.90 Å². The summed E-state index contributed by atoms with van der Waals surface area (Å²) in [5.74, 6) is 0.224. The van der Waals surface area contributed by atoms with Gasteiger partial charge < -0.3 is 19.1 Å². The molecular formula is C20H21F3N2O4. The quantitative estimate of drug-likeness (QED) is 0.560. The molecule has 1 aliphatic heterocycles. The van der Waals surface area contributed by atoms with Crippen LogP contribution in [-0.4, -0.2) is 43.6 Å². The molecule has 1 fully saturated rings. The summed E-state index contributed by atoms with van der Waals surface area (Å²) in [7, 11) is 0. The van der Waals surface area contributed by atoms with E-state index in [4.69, 9.17) is 15.2 Å². The lowest BCUT2D eigenvalue weighted by Gasteiger charge is -2.37. The van der Waals surface area contributed by atoms with E-state index in [9.17, 15) is 18.0 Å². The number of benzene rings is 2. The minimum atomic E-state index is -4.78. The molecular weight excluding hydrogens is 389 g/mol. The number of nitrogens with zero attached hydrogens (tertiary/aromatic N) is 1. The van der Waals surface area contributed by atoms with Gasteiger partial charge in [-0.2, -0.15) is 0 Å². The number of para-hydroxylation sites is 1. The topological polar surface area (TPSA) is 74.0 Å². The second-order valence-corrected chi connectivity index (χ2v) is 6.52. The van der Waals surface area contributed by atoms with Gasteiger partial charge in [0.05, 0.1) is 0 Å². The molecule has 29 heavy (non-hydrogen) atoms. The van der Waals surface area contributed by atoms with Crippen molar-refractivity contribution < 1.29 is 32.2 Å². The molecule has 0 bridgehead atoms. The number of halogens is 3. The zero-order valence-electron chi connectivity index (χ0n) is 15.5. The Hall–Kier alpha value is -2.94. The van der Waals surface area contributed by atoms with E-state index in [2.05, 4.69) is 4.74 Å². The molecule has 2 unspecified atom stereocenters. The smallest absolute Gasteiger partial charge is 0.490 e. The minimum absolute atomic E-state index is 0.0104. The number of carbonyl (C=O) groups is 1. The van der Waals surface area contributed by atoms with Crippen molar-refractivity contribution >= 4 is 6.41 Å². The van der Waals surface area contributed by atoms with Crippen LogP contribution in [0.3, 0.4) is 0 Å². The predicted molar refractivity (Wildman–Crippen MR) is 98.7 cm³/mol. The third-order valence-electron chi connectivity index (χ3n) is 4.61. The highest BCUT2D eigenvalue weighted by molar-refractivity contribution is 5.49. The molecule has 0 aromatic heterocycles. The van der Waals surface area contributed by atoms with Crippen molar-refractivity contribution in [2.45, 2.75) is 24.8 Å². The van der Waals surface area contributed by atoms with Crippen LogP contribution in [0.15, 0.2) is 48.5 Å². The van der Waals surface area contributed by atoms with Crippen molar-refractivity contribution in [1.29, 1.82) is 0 Å². The maximum atomic E-state index is 12.5. The summed E-state index contributed by atoms with van der Waals surface area (Å²) < 4.78 is 53.0. The molecule has 3 rings (SSSR count). The van der Waals surface area contributed by atoms with Crippen LogP contribution in [0.1, 0.15) is 17.9 Å². The molecule has 2 N–H and O–H groups in total. The molecule has 2 aromatic carbocycles. The van der Waals surface area contributed by atoms with E-state index in [1.54, 1.807) is 17.0 Å². The number of likely N-dealkylation sites (tertiary alicyclic amines) is 1. The molecule has 0 spiro atoms. The number of piperidine rings is 1. The fourth-order valence-corrected chi connectivity index (χ4v) is 3.42. The first-order valence-electron chi connectivity index (χ1n) is 9.03. The summed E-state index contributed by atoms with van der Waals surface area (Å²) in [4.78, 5) is 12.9. The predicted octanol–water partition coefficient (Wildman–Crippen LogP) is 3.27. The van der Waals surface area contributed by atoms with E-state index < -0.39 is 6.36 Å². The van der Waals surface area contributed by atoms with E-state index >= 15 is 0 Å². The monoisotopic (exact) mass is 410 g/mol. The third kappa shape index (κ3) is 5.54. The Morgan fingerprint density at radius 2 is 1.90 bits per heavy atom. The first-order chi connectivity index (χ1) is 13.9. The summed E-state index contributed by atoms with van der Waals surface area (Å²) in [5.41, 5.74) is 6.33. The SMILES string of the molecule is NCOc1ccccc1C1CN(C=O)CCC1Oc1cccc(OC(F)(F)F)c1. The molecule has 0 radical (unpaired) electrons. The largest absolute Gasteiger partial charge is 0.573 e. The highest BCUT2D eigenvalue weighted by atomic mass is 19.4. The molecule has 6 nitrogen and oxygen atoms in total. The van der Waals surface area contributed by atoms with Crippen molar-refractivity contribution in [2.75, 3.05) is 19.8 Å². The van der Waals surface area contributed by atoms with Gasteiger partial charge in [-0.3, -0.25) is 10.5 Å². The van der Waals surface area contributed by atoms with Gasteiger partial charge in [-0.25, -0.2) is 0 Å². The summed E-state index contributed by atoms with van der Waals surface area (Å²) in [6.45, 7) is 0.852. The maximum absolute atomic E-state index is 12.5. The van der Waals surface area contributed by atoms with E-state index in [0.717, 1.165) is 12.0 Å². The lowest BCUT2D eigenvalue weighted by atomic mass is 9.87. The highest BCUT2D eigenvalue weighted by Gasteiger charge is 2.34. The first kappa shape index (κ1) is 20.8. The summed E-state index contributed by atoms with van der Waals surface area (Å²) in [6, 6.07) is 12.7. The minimum Gasteiger partial charge on any atom is -0.490 e. The summed E-state index contributed by atoms with van der Waals surface area (Å²) >= 11 is 0. The van der Waals surface area contributed by atoms with E-state index in [0.29, 0.717) is 25.3 Å². The number of hydrogen-bond acceptors (Lipinski definition) is 5. The molecule has 9 heteroatoms. The number of carbonyl (C=O) groups excluding carboxylic acids is 1. The molecule has 1 amide bonds. The zero-order chi connectivity index (χ0) is 20.9. The average molecular weight is 410 g/mol. The van der Waals surface area contributed by atoms with Crippen LogP contribution in [0.25, 0.3) is 0 Å². The number of amides is 1. The van der Waals surface area contributed by atoms with E-state index in [1.165, 1.54) is 18.2 Å². The Bertz CT molecular complexity index is 831. The maximum Gasteiger partial charge on any atom is 0.573 e. The summed E-state index contributed by atoms with van der Waals surface area (Å²) in [6.07, 6.45) is -3.89. The Balaban J connectivity index is 1.85. The van der Waals surface area contributed by atoms with Gasteiger partial charge in [0.2, 0.25) is 6.41 Å². The van der Waals surface area contributed by atoms with Crippen LogP contribution in [0.2, 0.25) is 0 Å². The van der Waals surface area contributed by atoms with Gasteiger partial charge in [0, 0.05) is 37.1 Å². The van der Waals surface area contributed by atoms with Gasteiger partial charge in [0.25, 0.3) is 0 Å². The third-order valence-corrected chi connectivity index (χ3v) is 4.61. The molecule has 1 aliphatic rings. The van der Waals surface area contributed by atoms with Crippen LogP contribution >= 0.6 is 0 Å². The van der Waals surface area contributed by atoms with Gasteiger partial charge in [-0.15, -0.1) is 13.2 Å². The van der Waals surface area contributed by atoms with Gasteiger partial charge in [0.1, 0.15) is 30.1 Å². The fraction of sp³-hybridized carbons (Fsp3) is 0.350. The Labute approximate surface area is 166 Å². The second kappa shape index (κ2) is 9.04. The van der Waals surface area contributed by atoms with E-state index in [-0.39, 0.29) is 30.3 Å². The molecule has 156 valence electrons. The van der Waals surface area contributed by atoms with Crippen LogP contribution in [-0.2, 0) is 4.79 Å². The van der Waals surface area contributed by atoms with Crippen molar-refractivity contribution in [3.8, 4) is 17.2 Å². The van der Waals surface area contributed by atoms with Gasteiger partial charge >= 0.3 is 6.36 Å². The van der Waals surface area contributed by atoms with Crippen molar-refractivity contribution in [2.24, 2.45) is 5.73 Å². The van der Waals surface area contributed by atoms with Crippen LogP contribution in [0, 0.1) is 0 Å². The van der Waals surface area contributed by atoms with Crippen LogP contribution in [0.4, 0.5) is 13.2 Å². The Kier molecular flexibility index (Phi) is 6.48. The zero-order valence-corrected chi connectivity index (χ0v) is 15.5. The Morgan fingerprint density at radius 3 is 2.62 bits per heavy atom. The standard InChI is InChI=1S/C20H21F3N2O4/c21-20(22,23)29-15-5-3-4-14(10-15)28-19-8-9-25(13-26)11-17(19)16-6-1-2-7-18(16)27-12-24/h1-7,10,13,17,19H,8-9,11-12,24H2. The first-order valence-corrected chi connectivity index (χ1v) is 9.03. The number of hydrogen-bond donors (Lipinski definition) is 1. The summed E-state index contributed by atoms with van der Waals surface area (Å²) in [5, 5.41) is 0. The molecule has 2 atom stereocenters. The normalized spacial score (nSPS) is 19.5. The van der Waals surface area contributed by atoms with Crippen molar-refractivity contribution in [3.63, 3.8) is 0 Å². The highest BCUT2D eigenvalue weighted by Crippen LogP contribution is 2.36. The molecule has 0 saturated carbocycles. The average Bonchev–Trinajstić information content (AvgIpc) is 2.68. The molecule has 0 aliphatic carbocycles. The van der Waals surface area contributed by atoms with Gasteiger partial charge in [-0.05, 0) is 18.2 Å². The number of nitrogens with two attached hydrogens (primary N) is 1. The Morgan fingerprint density at radius 1 is 1.14 bits per heavy atom. The van der Waals surface area contributed by atoms with Gasteiger partial charge in [-0.1, -0.05) is 24.3 Å². The van der Waals surface area contributed by atoms with Crippen LogP contribution in [0.5, 0.6) is 17.2 Å². The van der Waals surface area contributed by atoms with Gasteiger partial charge in [0.15, 0.2) is 0 Å². The lowest BCUT2D eigenvalue weighted by Crippen LogP contribution is -2.43. The molecule has 1 heterocycles. The lowest BCUT2D eigenvalue weighted by molar-refractivity contribution is -0.274. The number of rotatable bonds is 7. The fourth-order valence-electron chi connectivity index (χ4n) is 3.42. The number of ether oxygens (including phenoxy) is 3. The number of alkyl halides is 3. The molecule has 1 saturated heterocycles.